The van der Waals surface area contributed by atoms with Gasteiger partial charge >= 0.3 is 0 Å². The Morgan fingerprint density at radius 3 is 2.83 bits per heavy atom. The lowest BCUT2D eigenvalue weighted by molar-refractivity contribution is 0.414. The molecular formula is C14H18N2O2. The second kappa shape index (κ2) is 5.21. The second-order valence-corrected chi connectivity index (χ2v) is 4.92. The van der Waals surface area contributed by atoms with Gasteiger partial charge in [0.15, 0.2) is 5.82 Å². The summed E-state index contributed by atoms with van der Waals surface area (Å²) in [7, 11) is 0. The number of para-hydroxylation sites is 1. The number of aryl methyl sites for hydroxylation is 2. The van der Waals surface area contributed by atoms with Gasteiger partial charge in [-0.2, -0.15) is 4.98 Å². The van der Waals surface area contributed by atoms with Crippen molar-refractivity contribution in [3.8, 4) is 17.2 Å². The zero-order valence-corrected chi connectivity index (χ0v) is 11.0. The van der Waals surface area contributed by atoms with Crippen molar-refractivity contribution in [2.75, 3.05) is 0 Å². The molecule has 0 saturated heterocycles. The van der Waals surface area contributed by atoms with E-state index in [-0.39, 0.29) is 5.75 Å². The maximum absolute atomic E-state index is 9.95. The lowest BCUT2D eigenvalue weighted by atomic mass is 10.1. The predicted molar refractivity (Wildman–Crippen MR) is 69.3 cm³/mol. The van der Waals surface area contributed by atoms with Crippen LogP contribution in [0.15, 0.2) is 22.7 Å². The molecule has 4 heteroatoms. The van der Waals surface area contributed by atoms with Gasteiger partial charge in [0.05, 0.1) is 5.56 Å². The first kappa shape index (κ1) is 12.6. The fourth-order valence-electron chi connectivity index (χ4n) is 1.71. The summed E-state index contributed by atoms with van der Waals surface area (Å²) in [6.07, 6.45) is 1.83. The summed E-state index contributed by atoms with van der Waals surface area (Å²) in [6.45, 7) is 6.16. The first-order valence-electron chi connectivity index (χ1n) is 6.19. The molecule has 4 nitrogen and oxygen atoms in total. The number of benzene rings is 1. The van der Waals surface area contributed by atoms with Crippen molar-refractivity contribution in [2.45, 2.75) is 33.6 Å². The normalized spacial score (nSPS) is 11.1. The summed E-state index contributed by atoms with van der Waals surface area (Å²) in [5, 5.41) is 13.9. The molecule has 2 aromatic rings. The van der Waals surface area contributed by atoms with Gasteiger partial charge in [-0.15, -0.1) is 0 Å². The Kier molecular flexibility index (Phi) is 3.65. The van der Waals surface area contributed by atoms with Crippen LogP contribution < -0.4 is 0 Å². The molecule has 0 unspecified atom stereocenters. The Morgan fingerprint density at radius 1 is 1.33 bits per heavy atom. The van der Waals surface area contributed by atoms with Gasteiger partial charge in [-0.05, 0) is 30.9 Å². The third-order valence-corrected chi connectivity index (χ3v) is 2.88. The van der Waals surface area contributed by atoms with Crippen LogP contribution in [0.25, 0.3) is 11.5 Å². The zero-order valence-electron chi connectivity index (χ0n) is 11.0. The summed E-state index contributed by atoms with van der Waals surface area (Å²) < 4.78 is 5.20. The van der Waals surface area contributed by atoms with E-state index >= 15 is 0 Å². The highest BCUT2D eigenvalue weighted by Crippen LogP contribution is 2.30. The highest BCUT2D eigenvalue weighted by molar-refractivity contribution is 5.64. The van der Waals surface area contributed by atoms with Crippen molar-refractivity contribution >= 4 is 0 Å². The van der Waals surface area contributed by atoms with Crippen LogP contribution in [0.5, 0.6) is 5.75 Å². The first-order valence-corrected chi connectivity index (χ1v) is 6.19. The van der Waals surface area contributed by atoms with Crippen LogP contribution in [-0.2, 0) is 6.42 Å². The maximum atomic E-state index is 9.95. The molecule has 0 spiro atoms. The number of hydrogen-bond donors (Lipinski definition) is 1. The van der Waals surface area contributed by atoms with Gasteiger partial charge in [-0.1, -0.05) is 31.1 Å². The molecule has 0 aliphatic carbocycles. The van der Waals surface area contributed by atoms with Crippen LogP contribution >= 0.6 is 0 Å². The van der Waals surface area contributed by atoms with Crippen LogP contribution in [0.2, 0.25) is 0 Å². The molecule has 0 radical (unpaired) electrons. The van der Waals surface area contributed by atoms with Crippen molar-refractivity contribution in [1.29, 1.82) is 0 Å². The Labute approximate surface area is 107 Å². The van der Waals surface area contributed by atoms with E-state index in [1.54, 1.807) is 6.07 Å². The molecule has 0 fully saturated rings. The highest BCUT2D eigenvalue weighted by atomic mass is 16.5. The third-order valence-electron chi connectivity index (χ3n) is 2.88. The van der Waals surface area contributed by atoms with E-state index in [0.717, 1.165) is 18.4 Å². The standard InChI is InChI=1S/C14H18N2O2/c1-9(2)7-8-12-15-14(18-16-12)11-6-4-5-10(3)13(11)17/h4-6,9,17H,7-8H2,1-3H3. The summed E-state index contributed by atoms with van der Waals surface area (Å²) in [4.78, 5) is 4.32. The Hall–Kier alpha value is -1.84. The van der Waals surface area contributed by atoms with E-state index in [2.05, 4.69) is 24.0 Å². The molecule has 18 heavy (non-hydrogen) atoms. The largest absolute Gasteiger partial charge is 0.507 e. The number of nitrogens with zero attached hydrogens (tertiary/aromatic N) is 2. The molecule has 1 aromatic heterocycles. The van der Waals surface area contributed by atoms with E-state index in [1.807, 2.05) is 19.1 Å². The van der Waals surface area contributed by atoms with Gasteiger partial charge in [-0.25, -0.2) is 0 Å². The molecule has 1 aromatic carbocycles. The summed E-state index contributed by atoms with van der Waals surface area (Å²) in [5.41, 5.74) is 1.40. The Bertz CT molecular complexity index is 532. The average Bonchev–Trinajstić information content (AvgIpc) is 2.78. The lowest BCUT2D eigenvalue weighted by Gasteiger charge is -2.01. The fraction of sp³-hybridized carbons (Fsp3) is 0.429. The number of phenolic OH excluding ortho intramolecular Hbond substituents is 1. The zero-order chi connectivity index (χ0) is 13.1. The summed E-state index contributed by atoms with van der Waals surface area (Å²) in [6, 6.07) is 5.49. The molecule has 0 amide bonds. The van der Waals surface area contributed by atoms with E-state index in [9.17, 15) is 5.11 Å². The van der Waals surface area contributed by atoms with Crippen molar-refractivity contribution in [2.24, 2.45) is 5.92 Å². The monoisotopic (exact) mass is 246 g/mol. The number of rotatable bonds is 4. The summed E-state index contributed by atoms with van der Waals surface area (Å²) in [5.74, 6) is 1.89. The minimum absolute atomic E-state index is 0.205. The number of aromatic hydroxyl groups is 1. The van der Waals surface area contributed by atoms with Gasteiger partial charge in [-0.3, -0.25) is 0 Å². The van der Waals surface area contributed by atoms with E-state index in [1.165, 1.54) is 0 Å². The highest BCUT2D eigenvalue weighted by Gasteiger charge is 2.13. The van der Waals surface area contributed by atoms with Crippen molar-refractivity contribution < 1.29 is 9.63 Å². The van der Waals surface area contributed by atoms with Crippen molar-refractivity contribution in [3.05, 3.63) is 29.6 Å². The van der Waals surface area contributed by atoms with Gasteiger partial charge in [0.2, 0.25) is 0 Å². The van der Waals surface area contributed by atoms with Crippen LogP contribution in [0.3, 0.4) is 0 Å². The number of hydrogen-bond acceptors (Lipinski definition) is 4. The number of aromatic nitrogens is 2. The minimum Gasteiger partial charge on any atom is -0.507 e. The molecule has 0 aliphatic heterocycles. The Morgan fingerprint density at radius 2 is 2.11 bits per heavy atom. The topological polar surface area (TPSA) is 59.2 Å². The molecule has 96 valence electrons. The summed E-state index contributed by atoms with van der Waals surface area (Å²) >= 11 is 0. The molecule has 1 N–H and O–H groups in total. The fourth-order valence-corrected chi connectivity index (χ4v) is 1.71. The first-order chi connectivity index (χ1) is 8.58. The third kappa shape index (κ3) is 2.70. The van der Waals surface area contributed by atoms with Crippen LogP contribution in [0.4, 0.5) is 0 Å². The second-order valence-electron chi connectivity index (χ2n) is 4.92. The minimum atomic E-state index is 0.205. The van der Waals surface area contributed by atoms with Crippen LogP contribution in [-0.4, -0.2) is 15.2 Å². The predicted octanol–water partition coefficient (Wildman–Crippen LogP) is 3.34. The molecular weight excluding hydrogens is 228 g/mol. The molecule has 0 bridgehead atoms. The quantitative estimate of drug-likeness (QED) is 0.898. The van der Waals surface area contributed by atoms with Gasteiger partial charge < -0.3 is 9.63 Å². The van der Waals surface area contributed by atoms with E-state index in [4.69, 9.17) is 4.52 Å². The Balaban J connectivity index is 2.21. The smallest absolute Gasteiger partial charge is 0.261 e. The van der Waals surface area contributed by atoms with Crippen molar-refractivity contribution in [3.63, 3.8) is 0 Å². The van der Waals surface area contributed by atoms with Crippen LogP contribution in [0.1, 0.15) is 31.7 Å². The lowest BCUT2D eigenvalue weighted by Crippen LogP contribution is -1.94. The molecule has 0 atom stereocenters. The van der Waals surface area contributed by atoms with E-state index < -0.39 is 0 Å². The van der Waals surface area contributed by atoms with Gasteiger partial charge in [0.25, 0.3) is 5.89 Å². The van der Waals surface area contributed by atoms with E-state index in [0.29, 0.717) is 23.2 Å². The molecule has 1 heterocycles. The number of phenols is 1. The van der Waals surface area contributed by atoms with Gasteiger partial charge in [0.1, 0.15) is 5.75 Å². The van der Waals surface area contributed by atoms with Crippen molar-refractivity contribution in [1.82, 2.24) is 10.1 Å². The molecule has 0 aliphatic rings. The van der Waals surface area contributed by atoms with Gasteiger partial charge in [0, 0.05) is 6.42 Å². The molecule has 2 rings (SSSR count). The average molecular weight is 246 g/mol. The molecule has 0 saturated carbocycles. The van der Waals surface area contributed by atoms with Crippen LogP contribution in [0, 0.1) is 12.8 Å². The SMILES string of the molecule is Cc1cccc(-c2nc(CCC(C)C)no2)c1O. The maximum Gasteiger partial charge on any atom is 0.261 e.